The van der Waals surface area contributed by atoms with E-state index in [1.807, 2.05) is 0 Å². The number of aliphatic hydroxyl groups is 4. The maximum Gasteiger partial charge on any atom is 0.336 e. The molecule has 0 amide bonds. The molecule has 0 bridgehead atoms. The zero-order valence-corrected chi connectivity index (χ0v) is 12.3. The van der Waals surface area contributed by atoms with E-state index in [1.165, 1.54) is 18.2 Å². The van der Waals surface area contributed by atoms with Crippen molar-refractivity contribution < 1.29 is 39.4 Å². The van der Waals surface area contributed by atoms with Crippen LogP contribution in [0, 0.1) is 0 Å². The van der Waals surface area contributed by atoms with E-state index in [4.69, 9.17) is 19.0 Å². The predicted octanol–water partition coefficient (Wildman–Crippen LogP) is -1.32. The van der Waals surface area contributed by atoms with Crippen molar-refractivity contribution in [2.45, 2.75) is 30.7 Å². The molecule has 0 spiro atoms. The first kappa shape index (κ1) is 16.7. The Hall–Kier alpha value is -2.17. The normalized spacial score (nSPS) is 30.4. The molecule has 2 aromatic rings. The maximum absolute atomic E-state index is 11.2. The third kappa shape index (κ3) is 2.95. The SMILES string of the molecule is O=c1ccc2cc(OC3O[C@H](CO)[C@@H](O)[C@H](O)[C@H]3O)c(O)cc2o1. The Morgan fingerprint density at radius 3 is 2.54 bits per heavy atom. The number of phenolic OH excluding ortho intramolecular Hbond substituents is 1. The summed E-state index contributed by atoms with van der Waals surface area (Å²) < 4.78 is 15.5. The number of fused-ring (bicyclic) bond motifs is 1. The highest BCUT2D eigenvalue weighted by atomic mass is 16.7. The van der Waals surface area contributed by atoms with Gasteiger partial charge in [0.05, 0.1) is 6.61 Å². The number of phenols is 1. The van der Waals surface area contributed by atoms with Crippen LogP contribution in [0.15, 0.2) is 33.5 Å². The fourth-order valence-corrected chi connectivity index (χ4v) is 2.47. The molecule has 1 aromatic heterocycles. The van der Waals surface area contributed by atoms with Crippen LogP contribution >= 0.6 is 0 Å². The Morgan fingerprint density at radius 2 is 1.83 bits per heavy atom. The number of benzene rings is 1. The summed E-state index contributed by atoms with van der Waals surface area (Å²) in [5.74, 6) is -0.477. The van der Waals surface area contributed by atoms with Gasteiger partial charge in [0.15, 0.2) is 11.5 Å². The lowest BCUT2D eigenvalue weighted by atomic mass is 9.99. The van der Waals surface area contributed by atoms with Crippen LogP contribution in [0.5, 0.6) is 11.5 Å². The minimum Gasteiger partial charge on any atom is -0.504 e. The van der Waals surface area contributed by atoms with Crippen LogP contribution in [-0.2, 0) is 4.74 Å². The smallest absolute Gasteiger partial charge is 0.336 e. The highest BCUT2D eigenvalue weighted by Crippen LogP contribution is 2.33. The topological polar surface area (TPSA) is 150 Å². The lowest BCUT2D eigenvalue weighted by Gasteiger charge is -2.39. The first-order valence-electron chi connectivity index (χ1n) is 7.15. The van der Waals surface area contributed by atoms with Crippen molar-refractivity contribution in [1.82, 2.24) is 0 Å². The van der Waals surface area contributed by atoms with Gasteiger partial charge in [-0.25, -0.2) is 4.79 Å². The van der Waals surface area contributed by atoms with Crippen molar-refractivity contribution in [3.8, 4) is 11.5 Å². The second kappa shape index (κ2) is 6.38. The van der Waals surface area contributed by atoms with Crippen molar-refractivity contribution in [3.63, 3.8) is 0 Å². The molecule has 1 aromatic carbocycles. The second-order valence-corrected chi connectivity index (χ2v) is 5.43. The van der Waals surface area contributed by atoms with E-state index in [1.54, 1.807) is 0 Å². The Bertz CT molecular complexity index is 784. The summed E-state index contributed by atoms with van der Waals surface area (Å²) in [5.41, 5.74) is -0.439. The lowest BCUT2D eigenvalue weighted by molar-refractivity contribution is -0.277. The van der Waals surface area contributed by atoms with Crippen LogP contribution < -0.4 is 10.4 Å². The van der Waals surface area contributed by atoms with Gasteiger partial charge < -0.3 is 39.4 Å². The first-order valence-corrected chi connectivity index (χ1v) is 7.15. The molecule has 9 nitrogen and oxygen atoms in total. The summed E-state index contributed by atoms with van der Waals surface area (Å²) in [5, 5.41) is 49.0. The highest BCUT2D eigenvalue weighted by Gasteiger charge is 2.44. The van der Waals surface area contributed by atoms with Crippen molar-refractivity contribution >= 4 is 11.0 Å². The maximum atomic E-state index is 11.2. The Balaban J connectivity index is 1.89. The molecule has 9 heteroatoms. The molecular weight excluding hydrogens is 324 g/mol. The summed E-state index contributed by atoms with van der Waals surface area (Å²) in [6.07, 6.45) is -7.27. The number of aliphatic hydroxyl groups excluding tert-OH is 4. The van der Waals surface area contributed by atoms with Gasteiger partial charge in [-0.05, 0) is 12.1 Å². The molecule has 1 unspecified atom stereocenters. The van der Waals surface area contributed by atoms with Crippen molar-refractivity contribution in [2.75, 3.05) is 6.61 Å². The van der Waals surface area contributed by atoms with Gasteiger partial charge in [0.1, 0.15) is 30.0 Å². The van der Waals surface area contributed by atoms with Gasteiger partial charge >= 0.3 is 5.63 Å². The molecule has 1 aliphatic heterocycles. The zero-order valence-electron chi connectivity index (χ0n) is 12.3. The number of hydrogen-bond donors (Lipinski definition) is 5. The quantitative estimate of drug-likeness (QED) is 0.429. The molecule has 24 heavy (non-hydrogen) atoms. The molecule has 0 saturated carbocycles. The molecule has 1 aliphatic rings. The summed E-state index contributed by atoms with van der Waals surface area (Å²) in [6, 6.07) is 5.17. The lowest BCUT2D eigenvalue weighted by Crippen LogP contribution is -2.60. The van der Waals surface area contributed by atoms with Gasteiger partial charge in [-0.1, -0.05) is 0 Å². The summed E-state index contributed by atoms with van der Waals surface area (Å²) >= 11 is 0. The molecule has 2 heterocycles. The minimum atomic E-state index is -1.60. The standard InChI is InChI=1S/C15H16O9/c16-5-10-12(19)13(20)14(21)15(24-10)23-9-3-6-1-2-11(18)22-8(6)4-7(9)17/h1-4,10,12-17,19-21H,5H2/t10-,12-,13+,14-,15?/m1/s1. The average molecular weight is 340 g/mol. The fourth-order valence-electron chi connectivity index (χ4n) is 2.47. The van der Waals surface area contributed by atoms with E-state index in [0.29, 0.717) is 5.39 Å². The minimum absolute atomic E-state index is 0.0966. The van der Waals surface area contributed by atoms with Crippen LogP contribution in [0.2, 0.25) is 0 Å². The molecule has 5 N–H and O–H groups in total. The van der Waals surface area contributed by atoms with Crippen LogP contribution in [-0.4, -0.2) is 62.8 Å². The number of aromatic hydroxyl groups is 1. The van der Waals surface area contributed by atoms with E-state index in [9.17, 15) is 25.2 Å². The molecule has 0 aliphatic carbocycles. The fraction of sp³-hybridized carbons (Fsp3) is 0.400. The molecule has 5 atom stereocenters. The van der Waals surface area contributed by atoms with Crippen molar-refractivity contribution in [2.24, 2.45) is 0 Å². The van der Waals surface area contributed by atoms with Gasteiger partial charge in [-0.15, -0.1) is 0 Å². The van der Waals surface area contributed by atoms with Gasteiger partial charge in [-0.3, -0.25) is 0 Å². The van der Waals surface area contributed by atoms with Crippen LogP contribution in [0.4, 0.5) is 0 Å². The largest absolute Gasteiger partial charge is 0.504 e. The van der Waals surface area contributed by atoms with E-state index < -0.39 is 42.9 Å². The van der Waals surface area contributed by atoms with Gasteiger partial charge in [0, 0.05) is 17.5 Å². The van der Waals surface area contributed by atoms with Crippen LogP contribution in [0.1, 0.15) is 0 Å². The zero-order chi connectivity index (χ0) is 17.4. The summed E-state index contributed by atoms with van der Waals surface area (Å²) in [6.45, 7) is -0.598. The molecule has 3 rings (SSSR count). The van der Waals surface area contributed by atoms with E-state index in [-0.39, 0.29) is 17.1 Å². The van der Waals surface area contributed by atoms with E-state index in [2.05, 4.69) is 0 Å². The summed E-state index contributed by atoms with van der Waals surface area (Å²) in [7, 11) is 0. The van der Waals surface area contributed by atoms with E-state index in [0.717, 1.165) is 6.07 Å². The second-order valence-electron chi connectivity index (χ2n) is 5.43. The first-order chi connectivity index (χ1) is 11.4. The molecule has 1 saturated heterocycles. The van der Waals surface area contributed by atoms with E-state index >= 15 is 0 Å². The van der Waals surface area contributed by atoms with Crippen molar-refractivity contribution in [3.05, 3.63) is 34.7 Å². The molecule has 0 radical (unpaired) electrons. The van der Waals surface area contributed by atoms with Gasteiger partial charge in [0.2, 0.25) is 6.29 Å². The molecule has 130 valence electrons. The molecular formula is C15H16O9. The van der Waals surface area contributed by atoms with Gasteiger partial charge in [0.25, 0.3) is 0 Å². The Kier molecular flexibility index (Phi) is 4.43. The number of ether oxygens (including phenoxy) is 2. The molecule has 1 fully saturated rings. The predicted molar refractivity (Wildman–Crippen MR) is 78.5 cm³/mol. The number of hydrogen-bond acceptors (Lipinski definition) is 9. The monoisotopic (exact) mass is 340 g/mol. The Labute approximate surface area is 134 Å². The van der Waals surface area contributed by atoms with Crippen LogP contribution in [0.25, 0.3) is 11.0 Å². The van der Waals surface area contributed by atoms with Crippen molar-refractivity contribution in [1.29, 1.82) is 0 Å². The average Bonchev–Trinajstić information content (AvgIpc) is 2.56. The van der Waals surface area contributed by atoms with Crippen LogP contribution in [0.3, 0.4) is 0 Å². The third-order valence-corrected chi connectivity index (χ3v) is 3.79. The number of rotatable bonds is 3. The summed E-state index contributed by atoms with van der Waals surface area (Å²) in [4.78, 5) is 11.2. The Morgan fingerprint density at radius 1 is 1.08 bits per heavy atom. The van der Waals surface area contributed by atoms with Gasteiger partial charge in [-0.2, -0.15) is 0 Å². The highest BCUT2D eigenvalue weighted by molar-refractivity contribution is 5.80. The third-order valence-electron chi connectivity index (χ3n) is 3.79.